The summed E-state index contributed by atoms with van der Waals surface area (Å²) in [6, 6.07) is 18.3. The molecule has 1 saturated heterocycles. The van der Waals surface area contributed by atoms with Crippen molar-refractivity contribution in [3.05, 3.63) is 65.7 Å². The van der Waals surface area contributed by atoms with E-state index in [0.29, 0.717) is 13.1 Å². The number of anilines is 1. The van der Waals surface area contributed by atoms with Gasteiger partial charge in [0, 0.05) is 50.4 Å². The molecule has 0 aromatic heterocycles. The number of rotatable bonds is 7. The van der Waals surface area contributed by atoms with Crippen LogP contribution >= 0.6 is 0 Å². The Morgan fingerprint density at radius 2 is 1.97 bits per heavy atom. The minimum Gasteiger partial charge on any atom is -0.392 e. The van der Waals surface area contributed by atoms with Gasteiger partial charge in [0.1, 0.15) is 6.10 Å². The third kappa shape index (κ3) is 4.67. The first-order valence-electron chi connectivity index (χ1n) is 10.8. The van der Waals surface area contributed by atoms with E-state index in [1.807, 2.05) is 30.3 Å². The molecular weight excluding hydrogens is 378 g/mol. The molecule has 0 spiro atoms. The maximum absolute atomic E-state index is 13.0. The number of likely N-dealkylation sites (tertiary alicyclic amines) is 1. The molecule has 3 N–H and O–H groups in total. The Morgan fingerprint density at radius 1 is 1.20 bits per heavy atom. The summed E-state index contributed by atoms with van der Waals surface area (Å²) in [4.78, 5) is 15.3. The van der Waals surface area contributed by atoms with Crippen LogP contribution in [0.4, 0.5) is 5.69 Å². The van der Waals surface area contributed by atoms with E-state index in [1.165, 1.54) is 0 Å². The number of aliphatic hydroxyl groups is 1. The SMILES string of the molecule is CNC(=O)C(OC1CCNc2ccccc21)[C@H](CN1CC[C@H](O)C1)c1ccccc1. The Hall–Kier alpha value is -2.41. The number of carbonyl (C=O) groups is 1. The molecule has 160 valence electrons. The Balaban J connectivity index is 1.63. The lowest BCUT2D eigenvalue weighted by atomic mass is 9.91. The molecule has 6 nitrogen and oxygen atoms in total. The zero-order valence-electron chi connectivity index (χ0n) is 17.5. The highest BCUT2D eigenvalue weighted by molar-refractivity contribution is 5.81. The van der Waals surface area contributed by atoms with Gasteiger partial charge in [0.2, 0.25) is 5.91 Å². The number of amides is 1. The standard InChI is InChI=1S/C24H31N3O3/c1-25-24(29)23(30-22-11-13-26-21-10-6-5-9-19(21)22)20(17-7-3-2-4-8-17)16-27-14-12-18(28)15-27/h2-10,18,20,22-23,26,28H,11-16H2,1H3,(H,25,29)/t18-,20+,22?,23?/m0/s1. The highest BCUT2D eigenvalue weighted by Crippen LogP contribution is 2.36. The molecule has 2 aromatic carbocycles. The zero-order valence-corrected chi connectivity index (χ0v) is 17.5. The molecule has 1 fully saturated rings. The van der Waals surface area contributed by atoms with E-state index in [0.717, 1.165) is 42.7 Å². The van der Waals surface area contributed by atoms with Crippen LogP contribution in [0.5, 0.6) is 0 Å². The van der Waals surface area contributed by atoms with Crippen LogP contribution in [-0.2, 0) is 9.53 Å². The van der Waals surface area contributed by atoms with Crippen LogP contribution in [0, 0.1) is 0 Å². The number of carbonyl (C=O) groups excluding carboxylic acids is 1. The summed E-state index contributed by atoms with van der Waals surface area (Å²) in [6.45, 7) is 2.96. The smallest absolute Gasteiger partial charge is 0.249 e. The number of benzene rings is 2. The number of ether oxygens (including phenoxy) is 1. The van der Waals surface area contributed by atoms with Crippen LogP contribution in [-0.4, -0.2) is 61.3 Å². The van der Waals surface area contributed by atoms with E-state index in [9.17, 15) is 9.90 Å². The second-order valence-corrected chi connectivity index (χ2v) is 8.18. The molecule has 2 heterocycles. The zero-order chi connectivity index (χ0) is 20.9. The fourth-order valence-corrected chi connectivity index (χ4v) is 4.56. The van der Waals surface area contributed by atoms with Gasteiger partial charge in [-0.25, -0.2) is 0 Å². The van der Waals surface area contributed by atoms with E-state index in [2.05, 4.69) is 39.8 Å². The average molecular weight is 410 g/mol. The van der Waals surface area contributed by atoms with Gasteiger partial charge < -0.3 is 20.5 Å². The van der Waals surface area contributed by atoms with Crippen molar-refractivity contribution >= 4 is 11.6 Å². The predicted octanol–water partition coefficient (Wildman–Crippen LogP) is 2.52. The van der Waals surface area contributed by atoms with Crippen molar-refractivity contribution in [1.82, 2.24) is 10.2 Å². The molecule has 2 aliphatic rings. The normalized spacial score (nSPS) is 23.3. The van der Waals surface area contributed by atoms with Crippen molar-refractivity contribution in [2.75, 3.05) is 38.5 Å². The highest BCUT2D eigenvalue weighted by Gasteiger charge is 2.36. The molecule has 2 aliphatic heterocycles. The third-order valence-corrected chi connectivity index (χ3v) is 6.14. The number of para-hydroxylation sites is 1. The lowest BCUT2D eigenvalue weighted by molar-refractivity contribution is -0.139. The minimum absolute atomic E-state index is 0.111. The van der Waals surface area contributed by atoms with Crippen LogP contribution in [0.1, 0.15) is 36.0 Å². The summed E-state index contributed by atoms with van der Waals surface area (Å²) in [7, 11) is 1.66. The molecule has 0 saturated carbocycles. The number of nitrogens with one attached hydrogen (secondary N) is 2. The first kappa shape index (κ1) is 20.8. The summed E-state index contributed by atoms with van der Waals surface area (Å²) in [5, 5.41) is 16.2. The van der Waals surface area contributed by atoms with Crippen LogP contribution in [0.2, 0.25) is 0 Å². The van der Waals surface area contributed by atoms with Crippen molar-refractivity contribution in [2.45, 2.75) is 37.1 Å². The summed E-state index contributed by atoms with van der Waals surface area (Å²) in [5.41, 5.74) is 3.25. The van der Waals surface area contributed by atoms with Crippen LogP contribution in [0.25, 0.3) is 0 Å². The molecule has 1 amide bonds. The quantitative estimate of drug-likeness (QED) is 0.655. The lowest BCUT2D eigenvalue weighted by Gasteiger charge is -2.35. The summed E-state index contributed by atoms with van der Waals surface area (Å²) < 4.78 is 6.58. The number of hydrogen-bond donors (Lipinski definition) is 3. The molecule has 30 heavy (non-hydrogen) atoms. The number of likely N-dealkylation sites (N-methyl/N-ethyl adjacent to an activating group) is 1. The first-order chi connectivity index (χ1) is 14.7. The van der Waals surface area contributed by atoms with Gasteiger partial charge in [0.15, 0.2) is 0 Å². The number of aliphatic hydroxyl groups excluding tert-OH is 1. The molecule has 4 rings (SSSR count). The first-order valence-corrected chi connectivity index (χ1v) is 10.8. The Kier molecular flexibility index (Phi) is 6.67. The number of hydrogen-bond acceptors (Lipinski definition) is 5. The van der Waals surface area contributed by atoms with E-state index in [-0.39, 0.29) is 24.0 Å². The molecule has 4 atom stereocenters. The predicted molar refractivity (Wildman–Crippen MR) is 117 cm³/mol. The molecule has 0 radical (unpaired) electrons. The van der Waals surface area contributed by atoms with E-state index in [4.69, 9.17) is 4.74 Å². The van der Waals surface area contributed by atoms with Crippen molar-refractivity contribution in [2.24, 2.45) is 0 Å². The van der Waals surface area contributed by atoms with Gasteiger partial charge in [-0.15, -0.1) is 0 Å². The van der Waals surface area contributed by atoms with Gasteiger partial charge in [-0.2, -0.15) is 0 Å². The monoisotopic (exact) mass is 409 g/mol. The van der Waals surface area contributed by atoms with Crippen molar-refractivity contribution < 1.29 is 14.6 Å². The van der Waals surface area contributed by atoms with Crippen molar-refractivity contribution in [3.63, 3.8) is 0 Å². The van der Waals surface area contributed by atoms with Crippen molar-refractivity contribution in [3.8, 4) is 0 Å². The average Bonchev–Trinajstić information content (AvgIpc) is 3.21. The van der Waals surface area contributed by atoms with Gasteiger partial charge in [-0.3, -0.25) is 9.69 Å². The molecule has 0 bridgehead atoms. The third-order valence-electron chi connectivity index (χ3n) is 6.14. The summed E-state index contributed by atoms with van der Waals surface area (Å²) in [5.74, 6) is -0.238. The van der Waals surface area contributed by atoms with Crippen LogP contribution < -0.4 is 10.6 Å². The maximum atomic E-state index is 13.0. The van der Waals surface area contributed by atoms with Gasteiger partial charge in [-0.1, -0.05) is 48.5 Å². The molecule has 2 aromatic rings. The Morgan fingerprint density at radius 3 is 2.70 bits per heavy atom. The number of β-amino-alcohol motifs (C(OH)–C–C–N with tert-alkyl or cyclic N) is 1. The van der Waals surface area contributed by atoms with E-state index >= 15 is 0 Å². The van der Waals surface area contributed by atoms with E-state index < -0.39 is 6.10 Å². The van der Waals surface area contributed by atoms with Gasteiger partial charge in [0.25, 0.3) is 0 Å². The van der Waals surface area contributed by atoms with Gasteiger partial charge in [0.05, 0.1) is 12.2 Å². The second-order valence-electron chi connectivity index (χ2n) is 8.18. The highest BCUT2D eigenvalue weighted by atomic mass is 16.5. The molecule has 2 unspecified atom stereocenters. The number of fused-ring (bicyclic) bond motifs is 1. The van der Waals surface area contributed by atoms with Crippen molar-refractivity contribution in [1.29, 1.82) is 0 Å². The maximum Gasteiger partial charge on any atom is 0.249 e. The fourth-order valence-electron chi connectivity index (χ4n) is 4.56. The van der Waals surface area contributed by atoms with Gasteiger partial charge >= 0.3 is 0 Å². The molecular formula is C24H31N3O3. The second kappa shape index (κ2) is 9.60. The van der Waals surface area contributed by atoms with Crippen LogP contribution in [0.15, 0.2) is 54.6 Å². The topological polar surface area (TPSA) is 73.8 Å². The van der Waals surface area contributed by atoms with Crippen LogP contribution in [0.3, 0.4) is 0 Å². The van der Waals surface area contributed by atoms with Gasteiger partial charge in [-0.05, 0) is 24.5 Å². The number of nitrogens with zero attached hydrogens (tertiary/aromatic N) is 1. The minimum atomic E-state index is -0.619. The summed E-state index contributed by atoms with van der Waals surface area (Å²) >= 11 is 0. The summed E-state index contributed by atoms with van der Waals surface area (Å²) in [6.07, 6.45) is 0.534. The lowest BCUT2D eigenvalue weighted by Crippen LogP contribution is -2.44. The van der Waals surface area contributed by atoms with E-state index in [1.54, 1.807) is 7.05 Å². The Labute approximate surface area is 178 Å². The molecule has 6 heteroatoms. The molecule has 0 aliphatic carbocycles. The Bertz CT molecular complexity index is 845. The fraction of sp³-hybridized carbons (Fsp3) is 0.458. The largest absolute Gasteiger partial charge is 0.392 e.